The van der Waals surface area contributed by atoms with Gasteiger partial charge in [0.2, 0.25) is 5.91 Å². The maximum atomic E-state index is 12.0. The maximum absolute atomic E-state index is 12.0. The normalized spacial score (nSPS) is 12.2. The van der Waals surface area contributed by atoms with Gasteiger partial charge in [0.1, 0.15) is 0 Å². The summed E-state index contributed by atoms with van der Waals surface area (Å²) in [5.41, 5.74) is 0. The first kappa shape index (κ1) is 35.4. The summed E-state index contributed by atoms with van der Waals surface area (Å²) in [7, 11) is 0. The molecule has 36 heavy (non-hydrogen) atoms. The van der Waals surface area contributed by atoms with Gasteiger partial charge < -0.3 is 15.5 Å². The first-order valence-corrected chi connectivity index (χ1v) is 16.3. The molecule has 0 aromatic carbocycles. The Morgan fingerprint density at radius 3 is 1.39 bits per heavy atom. The summed E-state index contributed by atoms with van der Waals surface area (Å²) in [6, 6.07) is 0. The molecular formula is C32H65NO3. The second-order valence-electron chi connectivity index (χ2n) is 11.2. The van der Waals surface area contributed by atoms with Crippen LogP contribution in [0.5, 0.6) is 0 Å². The van der Waals surface area contributed by atoms with Gasteiger partial charge in [-0.05, 0) is 25.7 Å². The first-order chi connectivity index (χ1) is 17.7. The molecule has 0 rings (SSSR count). The molecule has 0 aromatic rings. The number of aliphatic hydroxyl groups excluding tert-OH is 2. The molecule has 0 fully saturated rings. The van der Waals surface area contributed by atoms with E-state index in [1.165, 1.54) is 135 Å². The summed E-state index contributed by atoms with van der Waals surface area (Å²) < 4.78 is 0. The summed E-state index contributed by atoms with van der Waals surface area (Å²) in [4.78, 5) is 12.0. The smallest absolute Gasteiger partial charge is 0.219 e. The van der Waals surface area contributed by atoms with E-state index in [0.29, 0.717) is 12.8 Å². The molecule has 1 atom stereocenters. The monoisotopic (exact) mass is 511 g/mol. The topological polar surface area (TPSA) is 69.6 Å². The van der Waals surface area contributed by atoms with Crippen LogP contribution in [-0.2, 0) is 4.79 Å². The zero-order valence-electron chi connectivity index (χ0n) is 24.4. The van der Waals surface area contributed by atoms with Crippen molar-refractivity contribution in [1.29, 1.82) is 0 Å². The lowest BCUT2D eigenvalue weighted by atomic mass is 10.0. The van der Waals surface area contributed by atoms with Crippen molar-refractivity contribution in [2.75, 3.05) is 13.2 Å². The number of unbranched alkanes of at least 4 members (excludes halogenated alkanes) is 22. The van der Waals surface area contributed by atoms with Gasteiger partial charge in [-0.3, -0.25) is 4.79 Å². The van der Waals surface area contributed by atoms with Crippen molar-refractivity contribution in [2.24, 2.45) is 0 Å². The summed E-state index contributed by atoms with van der Waals surface area (Å²) in [6.07, 6.45) is 33.1. The highest BCUT2D eigenvalue weighted by Gasteiger charge is 2.03. The highest BCUT2D eigenvalue weighted by Crippen LogP contribution is 2.14. The third kappa shape index (κ3) is 29.6. The molecule has 0 saturated heterocycles. The molecule has 1 amide bonds. The molecule has 0 aliphatic heterocycles. The fourth-order valence-corrected chi connectivity index (χ4v) is 5.01. The van der Waals surface area contributed by atoms with Gasteiger partial charge in [-0.25, -0.2) is 0 Å². The molecule has 0 aromatic heterocycles. The zero-order valence-corrected chi connectivity index (χ0v) is 24.4. The number of aliphatic hydroxyl groups is 2. The quantitative estimate of drug-likeness (QED) is 0.0842. The van der Waals surface area contributed by atoms with E-state index in [4.69, 9.17) is 5.11 Å². The minimum Gasteiger partial charge on any atom is -0.396 e. The van der Waals surface area contributed by atoms with Crippen molar-refractivity contribution in [3.63, 3.8) is 0 Å². The van der Waals surface area contributed by atoms with E-state index in [0.717, 1.165) is 32.2 Å². The number of hydrogen-bond donors (Lipinski definition) is 3. The largest absolute Gasteiger partial charge is 0.396 e. The van der Waals surface area contributed by atoms with Crippen LogP contribution in [0.25, 0.3) is 0 Å². The van der Waals surface area contributed by atoms with E-state index in [1.807, 2.05) is 0 Å². The number of nitrogens with one attached hydrogen (secondary N) is 1. The Hall–Kier alpha value is -0.610. The molecule has 0 spiro atoms. The Labute approximate surface area is 225 Å². The summed E-state index contributed by atoms with van der Waals surface area (Å²) in [6.45, 7) is 3.22. The van der Waals surface area contributed by atoms with Crippen LogP contribution >= 0.6 is 0 Å². The Bertz CT molecular complexity index is 430. The third-order valence-corrected chi connectivity index (χ3v) is 7.51. The van der Waals surface area contributed by atoms with E-state index in [2.05, 4.69) is 12.2 Å². The van der Waals surface area contributed by atoms with Crippen LogP contribution in [0.15, 0.2) is 0 Å². The van der Waals surface area contributed by atoms with Crippen molar-refractivity contribution in [1.82, 2.24) is 5.32 Å². The highest BCUT2D eigenvalue weighted by molar-refractivity contribution is 5.75. The molecule has 4 nitrogen and oxygen atoms in total. The summed E-state index contributed by atoms with van der Waals surface area (Å²) >= 11 is 0. The SMILES string of the molecule is CCCCCCCCCCCCCCCC(=O)NCCCCCCCCCCCCCC(O)CCO. The van der Waals surface area contributed by atoms with Crippen molar-refractivity contribution in [2.45, 2.75) is 186 Å². The van der Waals surface area contributed by atoms with E-state index < -0.39 is 0 Å². The standard InChI is InChI=1S/C32H65NO3/c1-2-3-4-5-6-7-8-9-12-15-18-21-24-27-32(36)33-29-25-22-19-16-13-10-11-14-17-20-23-26-31(35)28-30-34/h31,34-35H,2-30H2,1H3,(H,33,36). The Kier molecular flexibility index (Phi) is 30.1. The molecule has 3 N–H and O–H groups in total. The van der Waals surface area contributed by atoms with E-state index in [-0.39, 0.29) is 18.6 Å². The zero-order chi connectivity index (χ0) is 26.4. The average Bonchev–Trinajstić information content (AvgIpc) is 2.87. The Morgan fingerprint density at radius 1 is 0.556 bits per heavy atom. The average molecular weight is 512 g/mol. The summed E-state index contributed by atoms with van der Waals surface area (Å²) in [5, 5.41) is 21.5. The van der Waals surface area contributed by atoms with Crippen LogP contribution in [0.4, 0.5) is 0 Å². The van der Waals surface area contributed by atoms with Crippen LogP contribution in [0.2, 0.25) is 0 Å². The van der Waals surface area contributed by atoms with Crippen molar-refractivity contribution < 1.29 is 15.0 Å². The highest BCUT2D eigenvalue weighted by atomic mass is 16.3. The number of rotatable bonds is 30. The van der Waals surface area contributed by atoms with Gasteiger partial charge >= 0.3 is 0 Å². The van der Waals surface area contributed by atoms with Gasteiger partial charge in [-0.15, -0.1) is 0 Å². The molecule has 0 bridgehead atoms. The molecule has 0 aliphatic rings. The van der Waals surface area contributed by atoms with E-state index in [9.17, 15) is 9.90 Å². The van der Waals surface area contributed by atoms with E-state index >= 15 is 0 Å². The lowest BCUT2D eigenvalue weighted by molar-refractivity contribution is -0.121. The maximum Gasteiger partial charge on any atom is 0.219 e. The molecule has 0 aliphatic carbocycles. The molecule has 216 valence electrons. The van der Waals surface area contributed by atoms with Gasteiger partial charge in [0, 0.05) is 19.6 Å². The van der Waals surface area contributed by atoms with E-state index in [1.54, 1.807) is 0 Å². The predicted molar refractivity (Wildman–Crippen MR) is 156 cm³/mol. The van der Waals surface area contributed by atoms with Gasteiger partial charge in [0.05, 0.1) is 6.10 Å². The first-order valence-electron chi connectivity index (χ1n) is 16.3. The van der Waals surface area contributed by atoms with Crippen LogP contribution in [0.3, 0.4) is 0 Å². The number of hydrogen-bond acceptors (Lipinski definition) is 3. The fraction of sp³-hybridized carbons (Fsp3) is 0.969. The third-order valence-electron chi connectivity index (χ3n) is 7.51. The molecular weight excluding hydrogens is 446 g/mol. The number of carbonyl (C=O) groups is 1. The van der Waals surface area contributed by atoms with Gasteiger partial charge in [0.25, 0.3) is 0 Å². The lowest BCUT2D eigenvalue weighted by Gasteiger charge is -2.08. The predicted octanol–water partition coefficient (Wildman–Crippen LogP) is 9.01. The molecule has 1 unspecified atom stereocenters. The molecule has 0 saturated carbocycles. The van der Waals surface area contributed by atoms with Crippen molar-refractivity contribution >= 4 is 5.91 Å². The van der Waals surface area contributed by atoms with Gasteiger partial charge in [0.15, 0.2) is 0 Å². The van der Waals surface area contributed by atoms with Gasteiger partial charge in [-0.1, -0.05) is 148 Å². The Balaban J connectivity index is 3.17. The van der Waals surface area contributed by atoms with Crippen LogP contribution in [0.1, 0.15) is 180 Å². The lowest BCUT2D eigenvalue weighted by Crippen LogP contribution is -2.23. The van der Waals surface area contributed by atoms with Crippen molar-refractivity contribution in [3.05, 3.63) is 0 Å². The van der Waals surface area contributed by atoms with Gasteiger partial charge in [-0.2, -0.15) is 0 Å². The van der Waals surface area contributed by atoms with Crippen LogP contribution in [0, 0.1) is 0 Å². The second-order valence-corrected chi connectivity index (χ2v) is 11.2. The molecule has 0 heterocycles. The van der Waals surface area contributed by atoms with Crippen LogP contribution < -0.4 is 5.32 Å². The van der Waals surface area contributed by atoms with Crippen molar-refractivity contribution in [3.8, 4) is 0 Å². The van der Waals surface area contributed by atoms with Crippen LogP contribution in [-0.4, -0.2) is 35.4 Å². The molecule has 4 heteroatoms. The summed E-state index contributed by atoms with van der Waals surface area (Å²) in [5.74, 6) is 0.251. The molecule has 0 radical (unpaired) electrons. The second kappa shape index (κ2) is 30.6. The fourth-order valence-electron chi connectivity index (χ4n) is 5.01. The number of carbonyl (C=O) groups excluding carboxylic acids is 1. The minimum absolute atomic E-state index is 0.0926. The number of amides is 1. The minimum atomic E-state index is -0.313. The Morgan fingerprint density at radius 2 is 0.944 bits per heavy atom.